The molecule has 0 saturated carbocycles. The predicted octanol–water partition coefficient (Wildman–Crippen LogP) is 5.26. The van der Waals surface area contributed by atoms with Gasteiger partial charge in [-0.2, -0.15) is 0 Å². The van der Waals surface area contributed by atoms with Gasteiger partial charge < -0.3 is 15.1 Å². The number of nitrogens with zero attached hydrogens (tertiary/aromatic N) is 3. The van der Waals surface area contributed by atoms with Crippen LogP contribution in [0.5, 0.6) is 0 Å². The van der Waals surface area contributed by atoms with E-state index in [4.69, 9.17) is 9.41 Å². The Hall–Kier alpha value is -1.91. The maximum Gasteiger partial charge on any atom is 0.236 e. The first-order valence-corrected chi connectivity index (χ1v) is 12.0. The zero-order valence-corrected chi connectivity index (χ0v) is 21.7. The minimum atomic E-state index is 0. The summed E-state index contributed by atoms with van der Waals surface area (Å²) >= 11 is 1.62. The molecule has 1 aromatic carbocycles. The van der Waals surface area contributed by atoms with Gasteiger partial charge in [0, 0.05) is 13.1 Å². The monoisotopic (exact) mass is 565 g/mol. The molecule has 6 nitrogen and oxygen atoms in total. The number of hydrogen-bond donors (Lipinski definition) is 2. The number of likely N-dealkylation sites (tertiary alicyclic amines) is 1. The van der Waals surface area contributed by atoms with E-state index in [1.807, 2.05) is 17.5 Å². The maximum absolute atomic E-state index is 5.59. The van der Waals surface area contributed by atoms with Crippen molar-refractivity contribution in [2.45, 2.75) is 45.8 Å². The highest BCUT2D eigenvalue weighted by Gasteiger charge is 2.10. The Balaban J connectivity index is 0.00000289. The maximum atomic E-state index is 5.59. The Morgan fingerprint density at radius 2 is 1.88 bits per heavy atom. The van der Waals surface area contributed by atoms with E-state index in [9.17, 15) is 0 Å². The lowest BCUT2D eigenvalue weighted by atomic mass is 10.1. The van der Waals surface area contributed by atoms with Crippen molar-refractivity contribution in [1.82, 2.24) is 20.5 Å². The first-order valence-electron chi connectivity index (χ1n) is 11.1. The molecular weight excluding hydrogens is 533 g/mol. The molecular formula is C24H32IN5OS. The zero-order valence-electron chi connectivity index (χ0n) is 18.5. The van der Waals surface area contributed by atoms with E-state index in [1.54, 1.807) is 17.6 Å². The Kier molecular flexibility index (Phi) is 10.0. The fourth-order valence-corrected chi connectivity index (χ4v) is 4.37. The summed E-state index contributed by atoms with van der Waals surface area (Å²) in [7, 11) is 0. The molecule has 0 amide bonds. The number of aromatic nitrogens is 1. The van der Waals surface area contributed by atoms with Crippen LogP contribution in [0.25, 0.3) is 10.8 Å². The Morgan fingerprint density at radius 1 is 1.09 bits per heavy atom. The van der Waals surface area contributed by atoms with Gasteiger partial charge >= 0.3 is 0 Å². The van der Waals surface area contributed by atoms with Crippen molar-refractivity contribution in [2.24, 2.45) is 4.99 Å². The summed E-state index contributed by atoms with van der Waals surface area (Å²) in [5.74, 6) is 1.44. The minimum Gasteiger partial charge on any atom is -0.443 e. The van der Waals surface area contributed by atoms with Crippen molar-refractivity contribution in [3.05, 3.63) is 64.9 Å². The molecule has 0 spiro atoms. The summed E-state index contributed by atoms with van der Waals surface area (Å²) in [6.45, 7) is 7.58. The average molecular weight is 566 g/mol. The molecule has 1 fully saturated rings. The molecule has 172 valence electrons. The smallest absolute Gasteiger partial charge is 0.236 e. The molecule has 4 rings (SSSR count). The molecule has 1 aliphatic rings. The van der Waals surface area contributed by atoms with Crippen LogP contribution < -0.4 is 10.6 Å². The molecule has 0 atom stereocenters. The van der Waals surface area contributed by atoms with Crippen LogP contribution in [0.4, 0.5) is 0 Å². The van der Waals surface area contributed by atoms with E-state index >= 15 is 0 Å². The van der Waals surface area contributed by atoms with Crippen molar-refractivity contribution >= 4 is 41.3 Å². The summed E-state index contributed by atoms with van der Waals surface area (Å²) in [6, 6.07) is 12.9. The van der Waals surface area contributed by atoms with Crippen LogP contribution in [0.15, 0.2) is 57.5 Å². The van der Waals surface area contributed by atoms with Gasteiger partial charge in [-0.3, -0.25) is 4.90 Å². The average Bonchev–Trinajstić information content (AvgIpc) is 3.49. The van der Waals surface area contributed by atoms with Gasteiger partial charge in [0.25, 0.3) is 0 Å². The lowest BCUT2D eigenvalue weighted by molar-refractivity contribution is 0.221. The third-order valence-electron chi connectivity index (χ3n) is 5.36. The molecule has 0 aliphatic carbocycles. The second-order valence-electron chi connectivity index (χ2n) is 7.82. The number of hydrogen-bond acceptors (Lipinski definition) is 5. The standard InChI is InChI=1S/C24H31N5OS.HI/c1-2-25-24(27-16-21-18-30-23(28-21)22-7-6-14-31-22)26-15-19-8-10-20(11-9-19)17-29-12-4-3-5-13-29;/h6-11,14,18H,2-5,12-13,15-17H2,1H3,(H2,25,26,27);1H. The molecule has 1 aliphatic heterocycles. The SMILES string of the molecule is CCNC(=NCc1ccc(CN2CCCCC2)cc1)NCc1coc(-c2cccs2)n1.I. The van der Waals surface area contributed by atoms with Gasteiger partial charge in [0.15, 0.2) is 5.96 Å². The van der Waals surface area contributed by atoms with Crippen molar-refractivity contribution in [3.63, 3.8) is 0 Å². The lowest BCUT2D eigenvalue weighted by Crippen LogP contribution is -2.36. The number of oxazole rings is 1. The fourth-order valence-electron chi connectivity index (χ4n) is 3.71. The van der Waals surface area contributed by atoms with E-state index in [1.165, 1.54) is 43.5 Å². The van der Waals surface area contributed by atoms with Crippen LogP contribution in [0.3, 0.4) is 0 Å². The van der Waals surface area contributed by atoms with Gasteiger partial charge in [0.2, 0.25) is 5.89 Å². The van der Waals surface area contributed by atoms with Crippen molar-refractivity contribution in [2.75, 3.05) is 19.6 Å². The largest absolute Gasteiger partial charge is 0.443 e. The van der Waals surface area contributed by atoms with Gasteiger partial charge in [0.1, 0.15) is 6.26 Å². The predicted molar refractivity (Wildman–Crippen MR) is 142 cm³/mol. The van der Waals surface area contributed by atoms with E-state index in [0.29, 0.717) is 19.0 Å². The molecule has 0 radical (unpaired) electrons. The Labute approximate surface area is 211 Å². The molecule has 1 saturated heterocycles. The molecule has 3 aromatic rings. The van der Waals surface area contributed by atoms with E-state index in [2.05, 4.69) is 51.7 Å². The molecule has 3 heterocycles. The van der Waals surface area contributed by atoms with E-state index in [-0.39, 0.29) is 24.0 Å². The van der Waals surface area contributed by atoms with Crippen LogP contribution >= 0.6 is 35.3 Å². The van der Waals surface area contributed by atoms with Gasteiger partial charge in [0.05, 0.1) is 23.7 Å². The third-order valence-corrected chi connectivity index (χ3v) is 6.22. The van der Waals surface area contributed by atoms with Crippen LogP contribution in [0.1, 0.15) is 43.0 Å². The summed E-state index contributed by atoms with van der Waals surface area (Å²) in [6.07, 6.45) is 5.74. The highest BCUT2D eigenvalue weighted by Crippen LogP contribution is 2.23. The molecule has 0 unspecified atom stereocenters. The molecule has 32 heavy (non-hydrogen) atoms. The van der Waals surface area contributed by atoms with Crippen molar-refractivity contribution in [1.29, 1.82) is 0 Å². The van der Waals surface area contributed by atoms with E-state index < -0.39 is 0 Å². The molecule has 8 heteroatoms. The number of aliphatic imine (C=N–C) groups is 1. The molecule has 0 bridgehead atoms. The van der Waals surface area contributed by atoms with Crippen LogP contribution in [0, 0.1) is 0 Å². The van der Waals surface area contributed by atoms with Crippen molar-refractivity contribution in [3.8, 4) is 10.8 Å². The number of guanidine groups is 1. The number of halogens is 1. The van der Waals surface area contributed by atoms with Crippen molar-refractivity contribution < 1.29 is 4.42 Å². The first kappa shape index (κ1) is 24.7. The first-order chi connectivity index (χ1) is 15.3. The molecule has 2 N–H and O–H groups in total. The summed E-state index contributed by atoms with van der Waals surface area (Å²) in [5.41, 5.74) is 3.45. The zero-order chi connectivity index (χ0) is 21.3. The summed E-state index contributed by atoms with van der Waals surface area (Å²) < 4.78 is 5.59. The normalized spacial score (nSPS) is 14.7. The summed E-state index contributed by atoms with van der Waals surface area (Å²) in [4.78, 5) is 12.9. The minimum absolute atomic E-state index is 0. The Morgan fingerprint density at radius 3 is 2.59 bits per heavy atom. The number of rotatable bonds is 8. The quantitative estimate of drug-likeness (QED) is 0.222. The van der Waals surface area contributed by atoms with Crippen LogP contribution in [0.2, 0.25) is 0 Å². The third kappa shape index (κ3) is 7.31. The van der Waals surface area contributed by atoms with Crippen LogP contribution in [-0.2, 0) is 19.6 Å². The van der Waals surface area contributed by atoms with Gasteiger partial charge in [-0.15, -0.1) is 35.3 Å². The number of nitrogens with one attached hydrogen (secondary N) is 2. The Bertz CT molecular complexity index is 949. The van der Waals surface area contributed by atoms with Crippen LogP contribution in [-0.4, -0.2) is 35.5 Å². The number of piperidine rings is 1. The highest BCUT2D eigenvalue weighted by molar-refractivity contribution is 14.0. The fraction of sp³-hybridized carbons (Fsp3) is 0.417. The summed E-state index contributed by atoms with van der Waals surface area (Å²) in [5, 5.41) is 8.66. The second-order valence-corrected chi connectivity index (χ2v) is 8.77. The topological polar surface area (TPSA) is 65.7 Å². The van der Waals surface area contributed by atoms with Gasteiger partial charge in [-0.1, -0.05) is 36.8 Å². The number of thiophene rings is 1. The van der Waals surface area contributed by atoms with Gasteiger partial charge in [-0.05, 0) is 55.4 Å². The number of benzene rings is 1. The molecule has 2 aromatic heterocycles. The van der Waals surface area contributed by atoms with Gasteiger partial charge in [-0.25, -0.2) is 9.98 Å². The second kappa shape index (κ2) is 13.0. The highest BCUT2D eigenvalue weighted by atomic mass is 127. The van der Waals surface area contributed by atoms with E-state index in [0.717, 1.165) is 29.6 Å². The lowest BCUT2D eigenvalue weighted by Gasteiger charge is -2.26.